The summed E-state index contributed by atoms with van der Waals surface area (Å²) in [6, 6.07) is 8.33. The second-order valence-electron chi connectivity index (χ2n) is 7.91. The number of benzene rings is 1. The van der Waals surface area contributed by atoms with Gasteiger partial charge in [-0.25, -0.2) is 4.98 Å². The number of fused-ring (bicyclic) bond motifs is 2. The van der Waals surface area contributed by atoms with E-state index in [0.29, 0.717) is 6.54 Å². The van der Waals surface area contributed by atoms with Crippen LogP contribution in [0.5, 0.6) is 0 Å². The van der Waals surface area contributed by atoms with E-state index in [4.69, 9.17) is 4.98 Å². The Hall–Kier alpha value is -2.40. The van der Waals surface area contributed by atoms with Crippen molar-refractivity contribution in [3.8, 4) is 0 Å². The van der Waals surface area contributed by atoms with Gasteiger partial charge in [-0.15, -0.1) is 0 Å². The minimum absolute atomic E-state index is 0.0125. The summed E-state index contributed by atoms with van der Waals surface area (Å²) in [5.41, 5.74) is 4.08. The second-order valence-corrected chi connectivity index (χ2v) is 7.91. The molecule has 3 aromatic rings. The van der Waals surface area contributed by atoms with Crippen molar-refractivity contribution in [2.45, 2.75) is 45.7 Å². The lowest BCUT2D eigenvalue weighted by Gasteiger charge is -2.28. The molecule has 5 heteroatoms. The standard InChI is InChI=1S/C20H24N4O/c1-20(2,3)19-22-17-8-9-24(12-15(17)18(25)23-19)11-13-10-21-16-7-5-4-6-14(13)16/h4-7,10,21H,8-9,11-12H2,1-3H3,(H,22,23,25). The zero-order valence-electron chi connectivity index (χ0n) is 15.0. The van der Waals surface area contributed by atoms with E-state index in [9.17, 15) is 4.79 Å². The van der Waals surface area contributed by atoms with Gasteiger partial charge in [0.05, 0.1) is 11.3 Å². The van der Waals surface area contributed by atoms with Crippen LogP contribution in [0, 0.1) is 0 Å². The summed E-state index contributed by atoms with van der Waals surface area (Å²) < 4.78 is 0. The Morgan fingerprint density at radius 1 is 1.24 bits per heavy atom. The lowest BCUT2D eigenvalue weighted by molar-refractivity contribution is 0.242. The molecule has 0 amide bonds. The molecule has 0 saturated heterocycles. The Morgan fingerprint density at radius 2 is 2.04 bits per heavy atom. The summed E-state index contributed by atoms with van der Waals surface area (Å²) in [6.07, 6.45) is 2.90. The Labute approximate surface area is 147 Å². The van der Waals surface area contributed by atoms with Crippen molar-refractivity contribution in [1.29, 1.82) is 0 Å². The van der Waals surface area contributed by atoms with E-state index in [1.165, 1.54) is 10.9 Å². The summed E-state index contributed by atoms with van der Waals surface area (Å²) in [6.45, 7) is 8.63. The van der Waals surface area contributed by atoms with Crippen molar-refractivity contribution in [2.24, 2.45) is 0 Å². The first-order valence-electron chi connectivity index (χ1n) is 8.82. The van der Waals surface area contributed by atoms with Gasteiger partial charge in [0.2, 0.25) is 0 Å². The molecule has 0 unspecified atom stereocenters. The molecule has 1 aromatic carbocycles. The van der Waals surface area contributed by atoms with Gasteiger partial charge < -0.3 is 9.97 Å². The van der Waals surface area contributed by atoms with Gasteiger partial charge in [-0.3, -0.25) is 9.69 Å². The zero-order chi connectivity index (χ0) is 17.6. The van der Waals surface area contributed by atoms with Crippen LogP contribution in [-0.2, 0) is 24.9 Å². The van der Waals surface area contributed by atoms with E-state index in [-0.39, 0.29) is 11.0 Å². The maximum atomic E-state index is 12.6. The SMILES string of the molecule is CC(C)(C)c1nc2c(c(=O)[nH]1)CN(Cc1c[nH]c3ccccc13)CC2. The van der Waals surface area contributed by atoms with Gasteiger partial charge in [0.25, 0.3) is 5.56 Å². The van der Waals surface area contributed by atoms with Crippen molar-refractivity contribution in [1.82, 2.24) is 19.9 Å². The summed E-state index contributed by atoms with van der Waals surface area (Å²) in [5.74, 6) is 0.779. The van der Waals surface area contributed by atoms with Crippen molar-refractivity contribution in [3.05, 3.63) is 63.5 Å². The molecule has 130 valence electrons. The van der Waals surface area contributed by atoms with Crippen LogP contribution in [0.4, 0.5) is 0 Å². The maximum Gasteiger partial charge on any atom is 0.255 e. The molecule has 5 nitrogen and oxygen atoms in total. The maximum absolute atomic E-state index is 12.6. The van der Waals surface area contributed by atoms with E-state index in [0.717, 1.165) is 42.1 Å². The van der Waals surface area contributed by atoms with Gasteiger partial charge in [0.1, 0.15) is 5.82 Å². The first kappa shape index (κ1) is 16.1. The van der Waals surface area contributed by atoms with Gasteiger partial charge in [-0.1, -0.05) is 39.0 Å². The first-order valence-corrected chi connectivity index (χ1v) is 8.82. The highest BCUT2D eigenvalue weighted by molar-refractivity contribution is 5.82. The highest BCUT2D eigenvalue weighted by atomic mass is 16.1. The van der Waals surface area contributed by atoms with Gasteiger partial charge in [-0.2, -0.15) is 0 Å². The summed E-state index contributed by atoms with van der Waals surface area (Å²) in [4.78, 5) is 25.9. The Kier molecular flexibility index (Phi) is 3.76. The molecule has 4 rings (SSSR count). The second kappa shape index (κ2) is 5.85. The average molecular weight is 336 g/mol. The molecule has 0 spiro atoms. The molecule has 1 aliphatic rings. The van der Waals surface area contributed by atoms with Crippen LogP contribution < -0.4 is 5.56 Å². The number of nitrogens with one attached hydrogen (secondary N) is 2. The van der Waals surface area contributed by atoms with E-state index >= 15 is 0 Å². The minimum Gasteiger partial charge on any atom is -0.361 e. The van der Waals surface area contributed by atoms with Gasteiger partial charge in [-0.05, 0) is 11.6 Å². The van der Waals surface area contributed by atoms with E-state index < -0.39 is 0 Å². The normalized spacial score (nSPS) is 15.5. The topological polar surface area (TPSA) is 64.8 Å². The van der Waals surface area contributed by atoms with Crippen molar-refractivity contribution < 1.29 is 0 Å². The van der Waals surface area contributed by atoms with Gasteiger partial charge in [0.15, 0.2) is 0 Å². The van der Waals surface area contributed by atoms with Crippen LogP contribution in [0.1, 0.15) is 43.4 Å². The molecule has 0 bridgehead atoms. The molecule has 0 radical (unpaired) electrons. The molecule has 0 saturated carbocycles. The van der Waals surface area contributed by atoms with Crippen LogP contribution >= 0.6 is 0 Å². The van der Waals surface area contributed by atoms with Crippen LogP contribution in [0.2, 0.25) is 0 Å². The third-order valence-electron chi connectivity index (χ3n) is 4.93. The fourth-order valence-corrected chi connectivity index (χ4v) is 3.47. The molecular formula is C20H24N4O. The Balaban J connectivity index is 1.60. The smallest absolute Gasteiger partial charge is 0.255 e. The van der Waals surface area contributed by atoms with Crippen LogP contribution in [0.15, 0.2) is 35.3 Å². The van der Waals surface area contributed by atoms with Crippen molar-refractivity contribution in [3.63, 3.8) is 0 Å². The highest BCUT2D eigenvalue weighted by Crippen LogP contribution is 2.23. The summed E-state index contributed by atoms with van der Waals surface area (Å²) >= 11 is 0. The zero-order valence-corrected chi connectivity index (χ0v) is 15.0. The number of rotatable bonds is 2. The van der Waals surface area contributed by atoms with E-state index in [1.807, 2.05) is 6.07 Å². The molecule has 0 aliphatic carbocycles. The summed E-state index contributed by atoms with van der Waals surface area (Å²) in [7, 11) is 0. The van der Waals surface area contributed by atoms with Gasteiger partial charge >= 0.3 is 0 Å². The predicted molar refractivity (Wildman–Crippen MR) is 99.7 cm³/mol. The molecule has 3 heterocycles. The lowest BCUT2D eigenvalue weighted by atomic mass is 9.95. The quantitative estimate of drug-likeness (QED) is 0.756. The predicted octanol–water partition coefficient (Wildman–Crippen LogP) is 3.11. The minimum atomic E-state index is -0.143. The highest BCUT2D eigenvalue weighted by Gasteiger charge is 2.25. The molecular weight excluding hydrogens is 312 g/mol. The Morgan fingerprint density at radius 3 is 2.84 bits per heavy atom. The monoisotopic (exact) mass is 336 g/mol. The molecule has 2 N–H and O–H groups in total. The molecule has 0 atom stereocenters. The molecule has 0 fully saturated rings. The molecule has 1 aliphatic heterocycles. The van der Waals surface area contributed by atoms with E-state index in [2.05, 4.69) is 60.0 Å². The first-order chi connectivity index (χ1) is 11.9. The third-order valence-corrected chi connectivity index (χ3v) is 4.93. The summed E-state index contributed by atoms with van der Waals surface area (Å²) in [5, 5.41) is 1.25. The van der Waals surface area contributed by atoms with Crippen LogP contribution in [-0.4, -0.2) is 26.4 Å². The fourth-order valence-electron chi connectivity index (χ4n) is 3.47. The molecule has 2 aromatic heterocycles. The number of para-hydroxylation sites is 1. The Bertz CT molecular complexity index is 977. The number of aromatic nitrogens is 3. The number of H-pyrrole nitrogens is 2. The third kappa shape index (κ3) is 3.00. The fraction of sp³-hybridized carbons (Fsp3) is 0.400. The van der Waals surface area contributed by atoms with Crippen LogP contribution in [0.25, 0.3) is 10.9 Å². The largest absolute Gasteiger partial charge is 0.361 e. The number of aromatic amines is 2. The van der Waals surface area contributed by atoms with Crippen molar-refractivity contribution in [2.75, 3.05) is 6.54 Å². The number of hydrogen-bond acceptors (Lipinski definition) is 3. The number of nitrogens with zero attached hydrogens (tertiary/aromatic N) is 2. The van der Waals surface area contributed by atoms with Crippen LogP contribution in [0.3, 0.4) is 0 Å². The van der Waals surface area contributed by atoms with Crippen molar-refractivity contribution >= 4 is 10.9 Å². The average Bonchev–Trinajstić information content (AvgIpc) is 2.98. The number of hydrogen-bond donors (Lipinski definition) is 2. The van der Waals surface area contributed by atoms with Gasteiger partial charge in [0, 0.05) is 48.6 Å². The molecule has 25 heavy (non-hydrogen) atoms. The van der Waals surface area contributed by atoms with E-state index in [1.54, 1.807) is 0 Å². The lowest BCUT2D eigenvalue weighted by Crippen LogP contribution is -2.37.